The molecule has 0 saturated heterocycles. The summed E-state index contributed by atoms with van der Waals surface area (Å²) in [7, 11) is -1.54. The molecule has 4 heteroatoms. The summed E-state index contributed by atoms with van der Waals surface area (Å²) in [5, 5.41) is 0. The molecule has 16 heavy (non-hydrogen) atoms. The molecule has 0 bridgehead atoms. The Kier molecular flexibility index (Phi) is 5.02. The van der Waals surface area contributed by atoms with Crippen LogP contribution in [0.3, 0.4) is 0 Å². The van der Waals surface area contributed by atoms with E-state index >= 15 is 0 Å². The van der Waals surface area contributed by atoms with Gasteiger partial charge in [0.25, 0.3) is 0 Å². The lowest BCUT2D eigenvalue weighted by Crippen LogP contribution is -2.47. The van der Waals surface area contributed by atoms with Gasteiger partial charge in [-0.2, -0.15) is 0 Å². The first-order chi connectivity index (χ1) is 6.93. The SMILES string of the molecule is CC(C)C(C)[C@@H](C)N(C)S(=O)(=O)C(C)(C)C. The van der Waals surface area contributed by atoms with Crippen LogP contribution < -0.4 is 0 Å². The van der Waals surface area contributed by atoms with Crippen molar-refractivity contribution in [1.29, 1.82) is 0 Å². The summed E-state index contributed by atoms with van der Waals surface area (Å²) in [5.74, 6) is 0.828. The largest absolute Gasteiger partial charge is 0.219 e. The molecule has 0 aliphatic rings. The highest BCUT2D eigenvalue weighted by atomic mass is 32.2. The number of nitrogens with zero attached hydrogens (tertiary/aromatic N) is 1. The minimum absolute atomic E-state index is 0.0317. The van der Waals surface area contributed by atoms with Crippen LogP contribution in [0.4, 0.5) is 0 Å². The Labute approximate surface area is 101 Å². The summed E-state index contributed by atoms with van der Waals surface area (Å²) in [6.45, 7) is 13.6. The van der Waals surface area contributed by atoms with Crippen molar-refractivity contribution < 1.29 is 8.42 Å². The average molecular weight is 249 g/mol. The molecule has 98 valence electrons. The van der Waals surface area contributed by atoms with Gasteiger partial charge < -0.3 is 0 Å². The van der Waals surface area contributed by atoms with E-state index in [1.807, 2.05) is 6.92 Å². The Hall–Kier alpha value is -0.0900. The van der Waals surface area contributed by atoms with Crippen LogP contribution in [-0.4, -0.2) is 30.6 Å². The minimum Gasteiger partial charge on any atom is -0.212 e. The van der Waals surface area contributed by atoms with Crippen molar-refractivity contribution in [3.8, 4) is 0 Å². The van der Waals surface area contributed by atoms with Crippen LogP contribution in [0.2, 0.25) is 0 Å². The molecule has 0 rings (SSSR count). The third kappa shape index (κ3) is 3.20. The van der Waals surface area contributed by atoms with E-state index in [1.165, 1.54) is 4.31 Å². The van der Waals surface area contributed by atoms with Gasteiger partial charge in [0, 0.05) is 13.1 Å². The molecule has 0 heterocycles. The topological polar surface area (TPSA) is 37.4 Å². The van der Waals surface area contributed by atoms with Crippen LogP contribution in [0.5, 0.6) is 0 Å². The van der Waals surface area contributed by atoms with Gasteiger partial charge >= 0.3 is 0 Å². The molecule has 0 N–H and O–H groups in total. The van der Waals surface area contributed by atoms with E-state index in [9.17, 15) is 8.42 Å². The molecular weight excluding hydrogens is 222 g/mol. The fraction of sp³-hybridized carbons (Fsp3) is 1.00. The molecule has 0 amide bonds. The molecule has 0 fully saturated rings. The van der Waals surface area contributed by atoms with Gasteiger partial charge in [0.15, 0.2) is 0 Å². The highest BCUT2D eigenvalue weighted by molar-refractivity contribution is 7.90. The van der Waals surface area contributed by atoms with Crippen molar-refractivity contribution in [3.05, 3.63) is 0 Å². The molecule has 0 aromatic carbocycles. The summed E-state index contributed by atoms with van der Waals surface area (Å²) >= 11 is 0. The van der Waals surface area contributed by atoms with Gasteiger partial charge in [-0.05, 0) is 39.5 Å². The van der Waals surface area contributed by atoms with Crippen LogP contribution >= 0.6 is 0 Å². The number of rotatable bonds is 4. The second kappa shape index (κ2) is 5.05. The van der Waals surface area contributed by atoms with Crippen molar-refractivity contribution in [2.24, 2.45) is 11.8 Å². The van der Waals surface area contributed by atoms with Gasteiger partial charge in [0.2, 0.25) is 10.0 Å². The molecule has 0 radical (unpaired) electrons. The fourth-order valence-electron chi connectivity index (χ4n) is 1.54. The summed E-state index contributed by atoms with van der Waals surface area (Å²) in [6.07, 6.45) is 0. The van der Waals surface area contributed by atoms with Crippen molar-refractivity contribution in [2.45, 2.75) is 59.3 Å². The third-order valence-corrected chi connectivity index (χ3v) is 6.18. The molecule has 0 aliphatic carbocycles. The monoisotopic (exact) mass is 249 g/mol. The molecule has 3 nitrogen and oxygen atoms in total. The van der Waals surface area contributed by atoms with Gasteiger partial charge in [0.05, 0.1) is 4.75 Å². The molecule has 0 saturated carbocycles. The Morgan fingerprint density at radius 2 is 1.38 bits per heavy atom. The zero-order valence-electron chi connectivity index (χ0n) is 11.9. The van der Waals surface area contributed by atoms with Gasteiger partial charge in [-0.25, -0.2) is 12.7 Å². The molecule has 0 aromatic rings. The Morgan fingerprint density at radius 1 is 1.00 bits per heavy atom. The quantitative estimate of drug-likeness (QED) is 0.768. The predicted molar refractivity (Wildman–Crippen MR) is 69.9 cm³/mol. The average Bonchev–Trinajstić information content (AvgIpc) is 2.12. The minimum atomic E-state index is -3.22. The molecular formula is C12H27NO2S. The number of sulfonamides is 1. The number of hydrogen-bond acceptors (Lipinski definition) is 2. The Bertz CT molecular complexity index is 314. The normalized spacial score (nSPS) is 17.9. The first-order valence-corrected chi connectivity index (χ1v) is 7.34. The lowest BCUT2D eigenvalue weighted by atomic mass is 9.91. The Morgan fingerprint density at radius 3 is 1.62 bits per heavy atom. The molecule has 1 unspecified atom stereocenters. The van der Waals surface area contributed by atoms with E-state index in [0.29, 0.717) is 11.8 Å². The second-order valence-corrected chi connectivity index (χ2v) is 8.73. The van der Waals surface area contributed by atoms with Gasteiger partial charge in [-0.15, -0.1) is 0 Å². The van der Waals surface area contributed by atoms with Crippen LogP contribution in [0.15, 0.2) is 0 Å². The maximum absolute atomic E-state index is 12.2. The second-order valence-electron chi connectivity index (χ2n) is 5.98. The van der Waals surface area contributed by atoms with Crippen molar-refractivity contribution in [1.82, 2.24) is 4.31 Å². The maximum atomic E-state index is 12.2. The van der Waals surface area contributed by atoms with Gasteiger partial charge in [0.1, 0.15) is 0 Å². The van der Waals surface area contributed by atoms with E-state index < -0.39 is 14.8 Å². The zero-order chi connectivity index (χ0) is 13.3. The third-order valence-electron chi connectivity index (χ3n) is 3.54. The number of hydrogen-bond donors (Lipinski definition) is 0. The predicted octanol–water partition coefficient (Wildman–Crippen LogP) is 2.73. The Balaban J connectivity index is 5.02. The highest BCUT2D eigenvalue weighted by Crippen LogP contribution is 2.26. The molecule has 0 aliphatic heterocycles. The first kappa shape index (κ1) is 15.9. The van der Waals surface area contributed by atoms with Crippen molar-refractivity contribution in [2.75, 3.05) is 7.05 Å². The van der Waals surface area contributed by atoms with Gasteiger partial charge in [-0.3, -0.25) is 0 Å². The van der Waals surface area contributed by atoms with E-state index in [0.717, 1.165) is 0 Å². The maximum Gasteiger partial charge on any atom is 0.219 e. The molecule has 0 aromatic heterocycles. The van der Waals surface area contributed by atoms with E-state index in [1.54, 1.807) is 27.8 Å². The molecule has 0 spiro atoms. The summed E-state index contributed by atoms with van der Waals surface area (Å²) in [6, 6.07) is 0.0317. The van der Waals surface area contributed by atoms with Gasteiger partial charge in [-0.1, -0.05) is 20.8 Å². The van der Waals surface area contributed by atoms with Crippen LogP contribution in [0.25, 0.3) is 0 Å². The summed E-state index contributed by atoms with van der Waals surface area (Å²) in [5.41, 5.74) is 0. The highest BCUT2D eigenvalue weighted by Gasteiger charge is 2.37. The van der Waals surface area contributed by atoms with Crippen molar-refractivity contribution in [3.63, 3.8) is 0 Å². The lowest BCUT2D eigenvalue weighted by Gasteiger charge is -2.35. The van der Waals surface area contributed by atoms with Crippen LogP contribution in [0.1, 0.15) is 48.5 Å². The van der Waals surface area contributed by atoms with Crippen molar-refractivity contribution >= 4 is 10.0 Å². The standard InChI is InChI=1S/C12H27NO2S/c1-9(2)10(3)11(4)13(8)16(14,15)12(5,6)7/h9-11H,1-8H3/t10?,11-/m1/s1. The fourth-order valence-corrected chi connectivity index (χ4v) is 3.03. The molecule has 2 atom stereocenters. The van der Waals surface area contributed by atoms with E-state index in [-0.39, 0.29) is 6.04 Å². The lowest BCUT2D eigenvalue weighted by molar-refractivity contribution is 0.243. The van der Waals surface area contributed by atoms with E-state index in [4.69, 9.17) is 0 Å². The summed E-state index contributed by atoms with van der Waals surface area (Å²) < 4.78 is 25.3. The van der Waals surface area contributed by atoms with Crippen LogP contribution in [0, 0.1) is 11.8 Å². The van der Waals surface area contributed by atoms with E-state index in [2.05, 4.69) is 20.8 Å². The first-order valence-electron chi connectivity index (χ1n) is 5.90. The zero-order valence-corrected chi connectivity index (χ0v) is 12.7. The smallest absolute Gasteiger partial charge is 0.212 e. The van der Waals surface area contributed by atoms with Crippen LogP contribution in [-0.2, 0) is 10.0 Å². The summed E-state index contributed by atoms with van der Waals surface area (Å²) in [4.78, 5) is 0.